The Hall–Kier alpha value is -1.52. The van der Waals surface area contributed by atoms with Gasteiger partial charge in [-0.2, -0.15) is 0 Å². The molecule has 0 aliphatic carbocycles. The number of carbonyl (C=O) groups excluding carboxylic acids is 1. The molecule has 0 saturated heterocycles. The number of carbonyl (C=O) groups is 1. The topological polar surface area (TPSA) is 35.5 Å². The summed E-state index contributed by atoms with van der Waals surface area (Å²) in [6.07, 6.45) is 0.819. The molecule has 1 aliphatic heterocycles. The van der Waals surface area contributed by atoms with Crippen molar-refractivity contribution >= 4 is 28.7 Å². The summed E-state index contributed by atoms with van der Waals surface area (Å²) >= 11 is 7.65. The first-order valence-electron chi connectivity index (χ1n) is 6.35. The highest BCUT2D eigenvalue weighted by Crippen LogP contribution is 2.36. The first kappa shape index (κ1) is 13.5. The SMILES string of the molecule is Cc1ccsc1C(=O)c1cc2c(cc1Cl)OCCCO2. The number of hydrogen-bond acceptors (Lipinski definition) is 4. The maximum absolute atomic E-state index is 12.6. The Morgan fingerprint density at radius 2 is 1.95 bits per heavy atom. The fraction of sp³-hybridized carbons (Fsp3) is 0.267. The van der Waals surface area contributed by atoms with Crippen LogP contribution in [0.25, 0.3) is 0 Å². The third-order valence-corrected chi connectivity index (χ3v) is 4.48. The van der Waals surface area contributed by atoms with E-state index in [0.29, 0.717) is 40.2 Å². The van der Waals surface area contributed by atoms with Crippen molar-refractivity contribution in [3.63, 3.8) is 0 Å². The van der Waals surface area contributed by atoms with Gasteiger partial charge in [-0.25, -0.2) is 0 Å². The predicted octanol–water partition coefficient (Wildman–Crippen LogP) is 4.10. The van der Waals surface area contributed by atoms with Crippen LogP contribution in [0.5, 0.6) is 11.5 Å². The summed E-state index contributed by atoms with van der Waals surface area (Å²) < 4.78 is 11.2. The Bertz CT molecular complexity index is 663. The number of benzene rings is 1. The van der Waals surface area contributed by atoms with E-state index in [1.165, 1.54) is 11.3 Å². The van der Waals surface area contributed by atoms with Crippen molar-refractivity contribution in [1.29, 1.82) is 0 Å². The molecule has 0 fully saturated rings. The molecular weight excluding hydrogens is 296 g/mol. The quantitative estimate of drug-likeness (QED) is 0.783. The zero-order valence-corrected chi connectivity index (χ0v) is 12.5. The molecule has 0 unspecified atom stereocenters. The third-order valence-electron chi connectivity index (χ3n) is 3.15. The fourth-order valence-electron chi connectivity index (χ4n) is 2.09. The zero-order valence-electron chi connectivity index (χ0n) is 10.9. The minimum Gasteiger partial charge on any atom is -0.490 e. The molecule has 2 heterocycles. The van der Waals surface area contributed by atoms with Crippen LogP contribution >= 0.6 is 22.9 Å². The van der Waals surface area contributed by atoms with Crippen LogP contribution in [0.1, 0.15) is 27.2 Å². The van der Waals surface area contributed by atoms with Gasteiger partial charge in [-0.05, 0) is 30.0 Å². The van der Waals surface area contributed by atoms with Crippen molar-refractivity contribution in [2.45, 2.75) is 13.3 Å². The van der Waals surface area contributed by atoms with Gasteiger partial charge >= 0.3 is 0 Å². The van der Waals surface area contributed by atoms with Crippen LogP contribution in [0.4, 0.5) is 0 Å². The van der Waals surface area contributed by atoms with Gasteiger partial charge in [-0.15, -0.1) is 11.3 Å². The first-order valence-corrected chi connectivity index (χ1v) is 7.60. The fourth-order valence-corrected chi connectivity index (χ4v) is 3.20. The van der Waals surface area contributed by atoms with Crippen LogP contribution in [0.3, 0.4) is 0 Å². The molecule has 5 heteroatoms. The van der Waals surface area contributed by atoms with Gasteiger partial charge in [-0.1, -0.05) is 11.6 Å². The van der Waals surface area contributed by atoms with E-state index in [4.69, 9.17) is 21.1 Å². The lowest BCUT2D eigenvalue weighted by molar-refractivity contribution is 0.104. The minimum absolute atomic E-state index is 0.0712. The average molecular weight is 309 g/mol. The number of rotatable bonds is 2. The van der Waals surface area contributed by atoms with Gasteiger partial charge in [0.15, 0.2) is 11.5 Å². The minimum atomic E-state index is -0.0712. The molecule has 0 bridgehead atoms. The molecule has 0 spiro atoms. The first-order chi connectivity index (χ1) is 9.66. The molecule has 2 aromatic rings. The molecule has 3 nitrogen and oxygen atoms in total. The van der Waals surface area contributed by atoms with Crippen molar-refractivity contribution in [2.75, 3.05) is 13.2 Å². The van der Waals surface area contributed by atoms with Crippen LogP contribution in [0.15, 0.2) is 23.6 Å². The molecule has 1 aromatic heterocycles. The number of halogens is 1. The van der Waals surface area contributed by atoms with Gasteiger partial charge in [0.05, 0.1) is 23.1 Å². The molecule has 20 heavy (non-hydrogen) atoms. The lowest BCUT2D eigenvalue weighted by Gasteiger charge is -2.10. The summed E-state index contributed by atoms with van der Waals surface area (Å²) in [6.45, 7) is 3.10. The van der Waals surface area contributed by atoms with Crippen molar-refractivity contribution in [3.8, 4) is 11.5 Å². The molecular formula is C15H13ClO3S. The Labute approximate surface area is 126 Å². The maximum atomic E-state index is 12.6. The van der Waals surface area contributed by atoms with E-state index in [0.717, 1.165) is 12.0 Å². The monoisotopic (exact) mass is 308 g/mol. The Morgan fingerprint density at radius 3 is 2.60 bits per heavy atom. The smallest absolute Gasteiger partial charge is 0.204 e. The van der Waals surface area contributed by atoms with Crippen LogP contribution < -0.4 is 9.47 Å². The largest absolute Gasteiger partial charge is 0.490 e. The molecule has 1 aliphatic rings. The van der Waals surface area contributed by atoms with E-state index in [9.17, 15) is 4.79 Å². The van der Waals surface area contributed by atoms with E-state index in [-0.39, 0.29) is 5.78 Å². The summed E-state index contributed by atoms with van der Waals surface area (Å²) in [4.78, 5) is 13.3. The zero-order chi connectivity index (χ0) is 14.1. The van der Waals surface area contributed by atoms with E-state index in [1.54, 1.807) is 12.1 Å². The molecule has 0 N–H and O–H groups in total. The van der Waals surface area contributed by atoms with E-state index < -0.39 is 0 Å². The highest BCUT2D eigenvalue weighted by molar-refractivity contribution is 7.12. The van der Waals surface area contributed by atoms with Crippen molar-refractivity contribution in [2.24, 2.45) is 0 Å². The second-order valence-corrected chi connectivity index (χ2v) is 5.91. The van der Waals surface area contributed by atoms with E-state index in [1.807, 2.05) is 18.4 Å². The Balaban J connectivity index is 2.04. The summed E-state index contributed by atoms with van der Waals surface area (Å²) in [5.41, 5.74) is 1.42. The highest BCUT2D eigenvalue weighted by Gasteiger charge is 2.21. The molecule has 0 saturated carbocycles. The van der Waals surface area contributed by atoms with Gasteiger partial charge < -0.3 is 9.47 Å². The highest BCUT2D eigenvalue weighted by atomic mass is 35.5. The third kappa shape index (κ3) is 2.41. The standard InChI is InChI=1S/C15H13ClO3S/c1-9-3-6-20-15(9)14(17)10-7-12-13(8-11(10)16)19-5-2-4-18-12/h3,6-8H,2,4-5H2,1H3. The number of thiophene rings is 1. The van der Waals surface area contributed by atoms with Gasteiger partial charge in [-0.3, -0.25) is 4.79 Å². The molecule has 3 rings (SSSR count). The maximum Gasteiger partial charge on any atom is 0.204 e. The number of ketones is 1. The predicted molar refractivity (Wildman–Crippen MR) is 79.5 cm³/mol. The second-order valence-electron chi connectivity index (χ2n) is 4.59. The van der Waals surface area contributed by atoms with Crippen molar-refractivity contribution < 1.29 is 14.3 Å². The normalized spacial score (nSPS) is 13.9. The lowest BCUT2D eigenvalue weighted by atomic mass is 10.1. The summed E-state index contributed by atoms with van der Waals surface area (Å²) in [7, 11) is 0. The van der Waals surface area contributed by atoms with Crippen molar-refractivity contribution in [3.05, 3.63) is 44.6 Å². The number of fused-ring (bicyclic) bond motifs is 1. The number of aryl methyl sites for hydroxylation is 1. The van der Waals surface area contributed by atoms with Gasteiger partial charge in [0, 0.05) is 18.1 Å². The summed E-state index contributed by atoms with van der Waals surface area (Å²) in [6, 6.07) is 5.28. The van der Waals surface area contributed by atoms with Crippen LogP contribution in [0, 0.1) is 6.92 Å². The summed E-state index contributed by atoms with van der Waals surface area (Å²) in [5.74, 6) is 1.12. The number of ether oxygens (including phenoxy) is 2. The molecule has 0 atom stereocenters. The Kier molecular flexibility index (Phi) is 3.68. The van der Waals surface area contributed by atoms with Gasteiger partial charge in [0.2, 0.25) is 5.78 Å². The molecule has 0 radical (unpaired) electrons. The molecule has 1 aromatic carbocycles. The van der Waals surface area contributed by atoms with Gasteiger partial charge in [0.1, 0.15) is 0 Å². The molecule has 104 valence electrons. The van der Waals surface area contributed by atoms with Crippen LogP contribution in [-0.2, 0) is 0 Å². The molecule has 0 amide bonds. The van der Waals surface area contributed by atoms with Gasteiger partial charge in [0.25, 0.3) is 0 Å². The average Bonchev–Trinajstić information content (AvgIpc) is 2.72. The summed E-state index contributed by atoms with van der Waals surface area (Å²) in [5, 5.41) is 2.30. The van der Waals surface area contributed by atoms with E-state index >= 15 is 0 Å². The van der Waals surface area contributed by atoms with Crippen LogP contribution in [-0.4, -0.2) is 19.0 Å². The number of hydrogen-bond donors (Lipinski definition) is 0. The second kappa shape index (κ2) is 5.46. The van der Waals surface area contributed by atoms with Crippen LogP contribution in [0.2, 0.25) is 5.02 Å². The van der Waals surface area contributed by atoms with E-state index in [2.05, 4.69) is 0 Å². The Morgan fingerprint density at radius 1 is 1.25 bits per heavy atom. The lowest BCUT2D eigenvalue weighted by Crippen LogP contribution is -2.03. The van der Waals surface area contributed by atoms with Crippen molar-refractivity contribution in [1.82, 2.24) is 0 Å².